The van der Waals surface area contributed by atoms with Gasteiger partial charge in [-0.2, -0.15) is 11.8 Å². The van der Waals surface area contributed by atoms with E-state index < -0.39 is 0 Å². The van der Waals surface area contributed by atoms with Gasteiger partial charge in [0.05, 0.1) is 6.04 Å². The molecule has 1 aliphatic carbocycles. The van der Waals surface area contributed by atoms with Crippen LogP contribution in [0.5, 0.6) is 0 Å². The molecule has 0 bridgehead atoms. The van der Waals surface area contributed by atoms with Crippen LogP contribution in [0.2, 0.25) is 0 Å². The number of hydrogen-bond acceptors (Lipinski definition) is 2. The van der Waals surface area contributed by atoms with E-state index in [0.717, 1.165) is 30.9 Å². The van der Waals surface area contributed by atoms with Crippen molar-refractivity contribution in [2.45, 2.75) is 18.9 Å². The van der Waals surface area contributed by atoms with E-state index in [2.05, 4.69) is 41.3 Å². The van der Waals surface area contributed by atoms with Crippen LogP contribution in [0.4, 0.5) is 0 Å². The molecule has 1 aliphatic heterocycles. The van der Waals surface area contributed by atoms with E-state index in [1.807, 2.05) is 17.8 Å². The molecule has 0 radical (unpaired) electrons. The summed E-state index contributed by atoms with van der Waals surface area (Å²) in [5, 5.41) is 0. The Balaban J connectivity index is 1.79. The van der Waals surface area contributed by atoms with E-state index in [9.17, 15) is 4.79 Å². The van der Waals surface area contributed by atoms with Gasteiger partial charge in [0, 0.05) is 24.0 Å². The molecule has 0 spiro atoms. The number of carbonyl (C=O) groups excluding carboxylic acids is 1. The van der Waals surface area contributed by atoms with E-state index in [0.29, 0.717) is 5.91 Å². The van der Waals surface area contributed by atoms with Crippen LogP contribution in [0.1, 0.15) is 24.4 Å². The molecule has 1 heterocycles. The van der Waals surface area contributed by atoms with E-state index >= 15 is 0 Å². The fourth-order valence-corrected chi connectivity index (χ4v) is 3.96. The molecule has 1 unspecified atom stereocenters. The maximum atomic E-state index is 12.7. The molecule has 0 N–H and O–H groups in total. The lowest BCUT2D eigenvalue weighted by Crippen LogP contribution is -2.43. The highest BCUT2D eigenvalue weighted by atomic mass is 32.2. The van der Waals surface area contributed by atoms with Crippen LogP contribution >= 0.6 is 11.8 Å². The summed E-state index contributed by atoms with van der Waals surface area (Å²) in [5.74, 6) is 2.62. The van der Waals surface area contributed by atoms with Crippen molar-refractivity contribution in [2.24, 2.45) is 5.92 Å². The molecule has 19 heavy (non-hydrogen) atoms. The second-order valence-electron chi connectivity index (χ2n) is 5.17. The maximum absolute atomic E-state index is 12.7. The van der Waals surface area contributed by atoms with Crippen LogP contribution in [0.25, 0.3) is 0 Å². The van der Waals surface area contributed by atoms with Crippen molar-refractivity contribution in [2.75, 3.05) is 18.1 Å². The number of allylic oxidation sites excluding steroid dienone is 2. The first kappa shape index (κ1) is 12.8. The number of nitrogens with zero attached hydrogens (tertiary/aromatic N) is 1. The van der Waals surface area contributed by atoms with Crippen LogP contribution in [0.15, 0.2) is 42.5 Å². The van der Waals surface area contributed by atoms with Crippen LogP contribution in [0.3, 0.4) is 0 Å². The summed E-state index contributed by atoms with van der Waals surface area (Å²) >= 11 is 1.95. The zero-order chi connectivity index (χ0) is 13.1. The molecule has 3 heteroatoms. The van der Waals surface area contributed by atoms with Crippen LogP contribution in [0, 0.1) is 5.92 Å². The summed E-state index contributed by atoms with van der Waals surface area (Å²) in [6.45, 7) is 0.888. The number of rotatable bonds is 2. The minimum atomic E-state index is 0.189. The van der Waals surface area contributed by atoms with Crippen molar-refractivity contribution >= 4 is 17.7 Å². The fraction of sp³-hybridized carbons (Fsp3) is 0.438. The zero-order valence-electron chi connectivity index (χ0n) is 11.0. The molecule has 1 fully saturated rings. The quantitative estimate of drug-likeness (QED) is 0.771. The second-order valence-corrected chi connectivity index (χ2v) is 6.32. The molecule has 1 amide bonds. The van der Waals surface area contributed by atoms with Gasteiger partial charge in [0.2, 0.25) is 5.91 Å². The smallest absolute Gasteiger partial charge is 0.226 e. The second kappa shape index (κ2) is 5.83. The van der Waals surface area contributed by atoms with Gasteiger partial charge >= 0.3 is 0 Å². The Kier molecular flexibility index (Phi) is 3.92. The Labute approximate surface area is 118 Å². The standard InChI is InChI=1S/C16H19NOS/c18-16(14-8-4-5-9-14)17-10-11-19-12-15(17)13-6-2-1-3-7-13/h1-7,14-15H,8-12H2. The fourth-order valence-electron chi connectivity index (χ4n) is 2.87. The number of hydrogen-bond donors (Lipinski definition) is 0. The highest BCUT2D eigenvalue weighted by molar-refractivity contribution is 7.99. The van der Waals surface area contributed by atoms with Gasteiger partial charge in [-0.25, -0.2) is 0 Å². The molecule has 0 aromatic heterocycles. The lowest BCUT2D eigenvalue weighted by Gasteiger charge is -2.37. The van der Waals surface area contributed by atoms with Crippen molar-refractivity contribution in [3.8, 4) is 0 Å². The SMILES string of the molecule is O=C(C1CC=CC1)N1CCSCC1c1ccccc1. The van der Waals surface area contributed by atoms with Gasteiger partial charge in [-0.3, -0.25) is 4.79 Å². The minimum absolute atomic E-state index is 0.189. The average Bonchev–Trinajstić information content (AvgIpc) is 3.02. The summed E-state index contributed by atoms with van der Waals surface area (Å²) in [6.07, 6.45) is 6.12. The van der Waals surface area contributed by atoms with Gasteiger partial charge in [-0.15, -0.1) is 0 Å². The molecule has 1 saturated heterocycles. The Morgan fingerprint density at radius 3 is 2.63 bits per heavy atom. The maximum Gasteiger partial charge on any atom is 0.226 e. The van der Waals surface area contributed by atoms with Gasteiger partial charge in [-0.05, 0) is 18.4 Å². The topological polar surface area (TPSA) is 20.3 Å². The van der Waals surface area contributed by atoms with E-state index in [-0.39, 0.29) is 12.0 Å². The van der Waals surface area contributed by atoms with Gasteiger partial charge in [0.15, 0.2) is 0 Å². The van der Waals surface area contributed by atoms with Gasteiger partial charge in [-0.1, -0.05) is 42.5 Å². The monoisotopic (exact) mass is 273 g/mol. The van der Waals surface area contributed by atoms with Crippen molar-refractivity contribution in [1.82, 2.24) is 4.90 Å². The van der Waals surface area contributed by atoms with E-state index in [1.54, 1.807) is 0 Å². The molecular formula is C16H19NOS. The third-order valence-electron chi connectivity index (χ3n) is 3.95. The third-order valence-corrected chi connectivity index (χ3v) is 4.98. The van der Waals surface area contributed by atoms with Crippen molar-refractivity contribution in [3.05, 3.63) is 48.0 Å². The Hall–Kier alpha value is -1.22. The van der Waals surface area contributed by atoms with E-state index in [4.69, 9.17) is 0 Å². The predicted octanol–water partition coefficient (Wildman–Crippen LogP) is 3.27. The molecule has 3 rings (SSSR count). The number of carbonyl (C=O) groups is 1. The number of thioether (sulfide) groups is 1. The normalized spacial score (nSPS) is 23.8. The number of amides is 1. The van der Waals surface area contributed by atoms with Crippen molar-refractivity contribution in [1.29, 1.82) is 0 Å². The van der Waals surface area contributed by atoms with E-state index in [1.165, 1.54) is 5.56 Å². The van der Waals surface area contributed by atoms with Gasteiger partial charge < -0.3 is 4.90 Å². The van der Waals surface area contributed by atoms with Gasteiger partial charge in [0.25, 0.3) is 0 Å². The summed E-state index contributed by atoms with van der Waals surface area (Å²) in [4.78, 5) is 14.8. The molecule has 1 aromatic rings. The summed E-state index contributed by atoms with van der Waals surface area (Å²) in [6, 6.07) is 10.7. The zero-order valence-corrected chi connectivity index (χ0v) is 11.8. The summed E-state index contributed by atoms with van der Waals surface area (Å²) < 4.78 is 0. The van der Waals surface area contributed by atoms with Crippen LogP contribution in [-0.4, -0.2) is 28.9 Å². The summed E-state index contributed by atoms with van der Waals surface area (Å²) in [7, 11) is 0. The number of benzene rings is 1. The lowest BCUT2D eigenvalue weighted by molar-refractivity contribution is -0.137. The largest absolute Gasteiger partial charge is 0.334 e. The molecule has 1 aromatic carbocycles. The molecular weight excluding hydrogens is 254 g/mol. The minimum Gasteiger partial charge on any atom is -0.334 e. The Morgan fingerprint density at radius 1 is 1.16 bits per heavy atom. The van der Waals surface area contributed by atoms with Crippen LogP contribution in [-0.2, 0) is 4.79 Å². The lowest BCUT2D eigenvalue weighted by atomic mass is 10.0. The Bertz CT molecular complexity index is 463. The first-order valence-corrected chi connectivity index (χ1v) is 8.10. The molecule has 0 saturated carbocycles. The molecule has 2 aliphatic rings. The summed E-state index contributed by atoms with van der Waals surface area (Å²) in [5.41, 5.74) is 1.27. The Morgan fingerprint density at radius 2 is 1.89 bits per heavy atom. The van der Waals surface area contributed by atoms with Gasteiger partial charge in [0.1, 0.15) is 0 Å². The molecule has 1 atom stereocenters. The highest BCUT2D eigenvalue weighted by Crippen LogP contribution is 2.32. The van der Waals surface area contributed by atoms with Crippen molar-refractivity contribution < 1.29 is 4.79 Å². The average molecular weight is 273 g/mol. The predicted molar refractivity (Wildman–Crippen MR) is 80.1 cm³/mol. The van der Waals surface area contributed by atoms with Crippen LogP contribution < -0.4 is 0 Å². The molecule has 2 nitrogen and oxygen atoms in total. The highest BCUT2D eigenvalue weighted by Gasteiger charge is 2.32. The van der Waals surface area contributed by atoms with Crippen molar-refractivity contribution in [3.63, 3.8) is 0 Å². The molecule has 100 valence electrons. The first-order chi connectivity index (χ1) is 9.36. The first-order valence-electron chi connectivity index (χ1n) is 6.94. The third kappa shape index (κ3) is 2.71.